The quantitative estimate of drug-likeness (QED) is 0.590. The minimum atomic E-state index is 0.474. The predicted octanol–water partition coefficient (Wildman–Crippen LogP) is 1.36. The van der Waals surface area contributed by atoms with Gasteiger partial charge in [-0.15, -0.1) is 0 Å². The van der Waals surface area contributed by atoms with Gasteiger partial charge < -0.3 is 9.80 Å². The normalized spacial score (nSPS) is 41.3. The molecule has 0 aromatic carbocycles. The monoisotopic (exact) mass is 235 g/mol. The third-order valence-electron chi connectivity index (χ3n) is 4.64. The first-order chi connectivity index (χ1) is 7.96. The maximum absolute atomic E-state index is 4.45. The number of rotatable bonds is 0. The zero-order chi connectivity index (χ0) is 12.6. The highest BCUT2D eigenvalue weighted by atomic mass is 15.4. The van der Waals surface area contributed by atoms with Crippen molar-refractivity contribution in [3.63, 3.8) is 0 Å². The highest BCUT2D eigenvalue weighted by Gasteiger charge is 2.42. The molecule has 4 heteroatoms. The van der Waals surface area contributed by atoms with Crippen LogP contribution in [-0.2, 0) is 0 Å². The smallest absolute Gasteiger partial charge is 0.196 e. The van der Waals surface area contributed by atoms with Crippen LogP contribution in [0.2, 0.25) is 5.31 Å². The van der Waals surface area contributed by atoms with Crippen LogP contribution in [0.15, 0.2) is 4.99 Å². The van der Waals surface area contributed by atoms with Gasteiger partial charge in [-0.3, -0.25) is 4.99 Å². The van der Waals surface area contributed by atoms with E-state index < -0.39 is 0 Å². The molecule has 17 heavy (non-hydrogen) atoms. The van der Waals surface area contributed by atoms with Crippen LogP contribution in [0.5, 0.6) is 0 Å². The molecule has 1 aliphatic heterocycles. The molecular weight excluding hydrogens is 209 g/mol. The van der Waals surface area contributed by atoms with E-state index in [9.17, 15) is 0 Å². The molecule has 0 radical (unpaired) electrons. The molecule has 0 amide bonds. The van der Waals surface area contributed by atoms with Gasteiger partial charge in [0.1, 0.15) is 7.85 Å². The summed E-state index contributed by atoms with van der Waals surface area (Å²) in [6, 6.07) is 1.31. The van der Waals surface area contributed by atoms with Gasteiger partial charge in [0.05, 0.1) is 12.1 Å². The van der Waals surface area contributed by atoms with E-state index in [0.29, 0.717) is 17.4 Å². The van der Waals surface area contributed by atoms with Crippen LogP contribution in [-0.4, -0.2) is 56.8 Å². The third-order valence-corrected chi connectivity index (χ3v) is 4.64. The van der Waals surface area contributed by atoms with Crippen molar-refractivity contribution in [2.45, 2.75) is 56.4 Å². The van der Waals surface area contributed by atoms with Crippen LogP contribution >= 0.6 is 0 Å². The average Bonchev–Trinajstić information content (AvgIpc) is 2.44. The summed E-state index contributed by atoms with van der Waals surface area (Å²) in [5.41, 5.74) is 0. The number of hydrogen-bond donors (Lipinski definition) is 0. The van der Waals surface area contributed by atoms with Crippen LogP contribution in [0.1, 0.15) is 39.0 Å². The molecule has 0 aromatic rings. The Balaban J connectivity index is 2.24. The van der Waals surface area contributed by atoms with E-state index in [1.807, 2.05) is 7.05 Å². The van der Waals surface area contributed by atoms with E-state index in [1.54, 1.807) is 0 Å². The molecule has 1 saturated heterocycles. The van der Waals surface area contributed by atoms with Crippen molar-refractivity contribution >= 4 is 13.8 Å². The molecule has 1 aliphatic carbocycles. The molecule has 3 unspecified atom stereocenters. The summed E-state index contributed by atoms with van der Waals surface area (Å²) >= 11 is 0. The highest BCUT2D eigenvalue weighted by Crippen LogP contribution is 2.41. The number of guanidine groups is 1. The van der Waals surface area contributed by atoms with Gasteiger partial charge in [0, 0.05) is 21.1 Å². The summed E-state index contributed by atoms with van der Waals surface area (Å²) in [4.78, 5) is 9.25. The molecule has 1 heterocycles. The minimum Gasteiger partial charge on any atom is -0.341 e. The van der Waals surface area contributed by atoms with E-state index in [2.05, 4.69) is 43.7 Å². The Hall–Kier alpha value is -0.665. The standard InChI is InChI=1S/C13H26BN3/c1-13(14)8-6-5-7-10-11(9-13)17(4)12(15-2)16(10)3/h10-11H,5-9,14H2,1-4H3/b15-12+. The number of hydrogen-bond acceptors (Lipinski definition) is 1. The van der Waals surface area contributed by atoms with Gasteiger partial charge in [-0.25, -0.2) is 0 Å². The predicted molar refractivity (Wildman–Crippen MR) is 76.5 cm³/mol. The number of nitrogens with zero attached hydrogens (tertiary/aromatic N) is 3. The molecule has 2 fully saturated rings. The molecule has 3 nitrogen and oxygen atoms in total. The first-order valence-corrected chi connectivity index (χ1v) is 6.89. The van der Waals surface area contributed by atoms with Gasteiger partial charge in [0.15, 0.2) is 5.96 Å². The van der Waals surface area contributed by atoms with Crippen LogP contribution in [0, 0.1) is 0 Å². The van der Waals surface area contributed by atoms with Crippen LogP contribution in [0.3, 0.4) is 0 Å². The Kier molecular flexibility index (Phi) is 3.42. The van der Waals surface area contributed by atoms with Gasteiger partial charge >= 0.3 is 0 Å². The lowest BCUT2D eigenvalue weighted by atomic mass is 9.62. The van der Waals surface area contributed by atoms with E-state index in [0.717, 1.165) is 5.96 Å². The summed E-state index contributed by atoms with van der Waals surface area (Å²) in [6.45, 7) is 2.42. The summed E-state index contributed by atoms with van der Waals surface area (Å²) in [5.74, 6) is 1.16. The van der Waals surface area contributed by atoms with Gasteiger partial charge in [0.2, 0.25) is 0 Å². The van der Waals surface area contributed by atoms with Gasteiger partial charge in [-0.1, -0.05) is 31.5 Å². The molecule has 3 atom stereocenters. The molecule has 2 rings (SSSR count). The van der Waals surface area contributed by atoms with E-state index in [4.69, 9.17) is 0 Å². The summed E-state index contributed by atoms with van der Waals surface area (Å²) in [5, 5.41) is 0.474. The Labute approximate surface area is 107 Å². The summed E-state index contributed by atoms with van der Waals surface area (Å²) < 4.78 is 0. The van der Waals surface area contributed by atoms with Crippen molar-refractivity contribution in [3.8, 4) is 0 Å². The van der Waals surface area contributed by atoms with Crippen LogP contribution in [0.25, 0.3) is 0 Å². The Morgan fingerprint density at radius 3 is 2.53 bits per heavy atom. The van der Waals surface area contributed by atoms with Gasteiger partial charge in [-0.05, 0) is 12.8 Å². The Morgan fingerprint density at radius 1 is 1.24 bits per heavy atom. The van der Waals surface area contributed by atoms with Crippen LogP contribution in [0.4, 0.5) is 0 Å². The zero-order valence-corrected chi connectivity index (χ0v) is 12.0. The molecule has 1 saturated carbocycles. The summed E-state index contributed by atoms with van der Waals surface area (Å²) in [7, 11) is 8.75. The van der Waals surface area contributed by atoms with Crippen molar-refractivity contribution in [2.75, 3.05) is 21.1 Å². The van der Waals surface area contributed by atoms with Gasteiger partial charge in [0.25, 0.3) is 0 Å². The molecule has 96 valence electrons. The largest absolute Gasteiger partial charge is 0.341 e. The van der Waals surface area contributed by atoms with Crippen molar-refractivity contribution in [2.24, 2.45) is 4.99 Å². The molecular formula is C13H26BN3. The molecule has 0 bridgehead atoms. The first kappa shape index (κ1) is 12.8. The minimum absolute atomic E-state index is 0.474. The van der Waals surface area contributed by atoms with E-state index >= 15 is 0 Å². The summed E-state index contributed by atoms with van der Waals surface area (Å²) in [6.07, 6.45) is 6.72. The number of fused-ring (bicyclic) bond motifs is 1. The second kappa shape index (κ2) is 4.54. The number of likely N-dealkylation sites (N-methyl/N-ethyl adjacent to an activating group) is 2. The Bertz CT molecular complexity index is 314. The van der Waals surface area contributed by atoms with E-state index in [-0.39, 0.29) is 0 Å². The lowest BCUT2D eigenvalue weighted by molar-refractivity contribution is 0.229. The Morgan fingerprint density at radius 2 is 1.88 bits per heavy atom. The van der Waals surface area contributed by atoms with Crippen molar-refractivity contribution < 1.29 is 0 Å². The third kappa shape index (κ3) is 2.31. The lowest BCUT2D eigenvalue weighted by Gasteiger charge is -2.36. The molecule has 0 spiro atoms. The topological polar surface area (TPSA) is 18.8 Å². The fraction of sp³-hybridized carbons (Fsp3) is 0.923. The second-order valence-electron chi connectivity index (χ2n) is 6.49. The van der Waals surface area contributed by atoms with Crippen molar-refractivity contribution in [1.29, 1.82) is 0 Å². The van der Waals surface area contributed by atoms with Gasteiger partial charge in [-0.2, -0.15) is 0 Å². The lowest BCUT2D eigenvalue weighted by Crippen LogP contribution is -2.39. The maximum atomic E-state index is 4.45. The average molecular weight is 235 g/mol. The van der Waals surface area contributed by atoms with Crippen molar-refractivity contribution in [3.05, 3.63) is 0 Å². The van der Waals surface area contributed by atoms with E-state index in [1.165, 1.54) is 32.1 Å². The highest BCUT2D eigenvalue weighted by molar-refractivity contribution is 6.14. The number of aliphatic imine (C=N–C) groups is 1. The SMILES string of the molecule is BC1(C)CCCCC2C(C1)N(C)/C(=N/C)N2C. The molecule has 0 N–H and O–H groups in total. The fourth-order valence-corrected chi connectivity index (χ4v) is 3.66. The molecule has 0 aromatic heterocycles. The van der Waals surface area contributed by atoms with Crippen molar-refractivity contribution in [1.82, 2.24) is 9.80 Å². The maximum Gasteiger partial charge on any atom is 0.196 e. The fourth-order valence-electron chi connectivity index (χ4n) is 3.66. The van der Waals surface area contributed by atoms with Crippen LogP contribution < -0.4 is 0 Å². The first-order valence-electron chi connectivity index (χ1n) is 6.89. The second-order valence-corrected chi connectivity index (χ2v) is 6.49. The zero-order valence-electron chi connectivity index (χ0n) is 12.0. The molecule has 2 aliphatic rings.